The lowest BCUT2D eigenvalue weighted by atomic mass is 9.73. The summed E-state index contributed by atoms with van der Waals surface area (Å²) >= 11 is 1.65. The third-order valence-corrected chi connectivity index (χ3v) is 6.18. The lowest BCUT2D eigenvalue weighted by molar-refractivity contribution is -0.140. The second-order valence-electron chi connectivity index (χ2n) is 7.69. The van der Waals surface area contributed by atoms with Crippen LogP contribution >= 0.6 is 11.3 Å². The Balaban J connectivity index is 1.44. The van der Waals surface area contributed by atoms with Gasteiger partial charge in [-0.25, -0.2) is 4.98 Å². The molecule has 4 heterocycles. The van der Waals surface area contributed by atoms with Crippen LogP contribution in [-0.4, -0.2) is 50.3 Å². The monoisotopic (exact) mass is 371 g/mol. The van der Waals surface area contributed by atoms with Gasteiger partial charge >= 0.3 is 0 Å². The summed E-state index contributed by atoms with van der Waals surface area (Å²) in [5.74, 6) is 0.245. The molecule has 0 saturated carbocycles. The van der Waals surface area contributed by atoms with Crippen molar-refractivity contribution in [2.24, 2.45) is 5.41 Å². The van der Waals surface area contributed by atoms with Crippen molar-refractivity contribution in [2.75, 3.05) is 19.6 Å². The molecule has 0 aliphatic carbocycles. The average molecular weight is 372 g/mol. The highest BCUT2D eigenvalue weighted by Crippen LogP contribution is 2.39. The van der Waals surface area contributed by atoms with E-state index in [9.17, 15) is 4.79 Å². The van der Waals surface area contributed by atoms with Crippen LogP contribution in [0, 0.1) is 12.3 Å². The highest BCUT2D eigenvalue weighted by atomic mass is 32.1. The van der Waals surface area contributed by atoms with Gasteiger partial charge in [0.2, 0.25) is 5.91 Å². The van der Waals surface area contributed by atoms with Gasteiger partial charge in [0, 0.05) is 43.0 Å². The topological polar surface area (TPSA) is 62.2 Å². The van der Waals surface area contributed by atoms with E-state index in [1.54, 1.807) is 23.7 Å². The van der Waals surface area contributed by atoms with Gasteiger partial charge in [0.05, 0.1) is 35.3 Å². The van der Waals surface area contributed by atoms with Gasteiger partial charge < -0.3 is 4.90 Å². The molecule has 2 saturated heterocycles. The highest BCUT2D eigenvalue weighted by molar-refractivity contribution is 7.07. The molecule has 2 aromatic rings. The number of piperidine rings is 2. The molecule has 4 rings (SSSR count). The Kier molecular flexibility index (Phi) is 5.00. The molecular weight excluding hydrogens is 346 g/mol. The van der Waals surface area contributed by atoms with Crippen molar-refractivity contribution in [3.63, 3.8) is 0 Å². The van der Waals surface area contributed by atoms with E-state index >= 15 is 0 Å². The van der Waals surface area contributed by atoms with Crippen molar-refractivity contribution >= 4 is 17.2 Å². The first kappa shape index (κ1) is 17.5. The molecule has 2 fully saturated rings. The summed E-state index contributed by atoms with van der Waals surface area (Å²) in [7, 11) is 0. The van der Waals surface area contributed by atoms with E-state index in [4.69, 9.17) is 0 Å². The van der Waals surface area contributed by atoms with Gasteiger partial charge in [-0.15, -0.1) is 11.3 Å². The molecule has 0 unspecified atom stereocenters. The molecule has 2 aliphatic rings. The number of aryl methyl sites for hydroxylation is 1. The van der Waals surface area contributed by atoms with E-state index in [1.807, 2.05) is 17.3 Å². The maximum Gasteiger partial charge on any atom is 0.222 e. The first-order valence-electron chi connectivity index (χ1n) is 9.27. The summed E-state index contributed by atoms with van der Waals surface area (Å²) in [4.78, 5) is 30.2. The van der Waals surface area contributed by atoms with Gasteiger partial charge in [-0.2, -0.15) is 0 Å². The zero-order chi connectivity index (χ0) is 18.0. The molecular formula is C19H25N5OS. The fraction of sp³-hybridized carbons (Fsp3) is 0.579. The third-order valence-electron chi connectivity index (χ3n) is 5.54. The lowest BCUT2D eigenvalue weighted by Gasteiger charge is -2.48. The normalized spacial score (nSPS) is 24.3. The van der Waals surface area contributed by atoms with Crippen LogP contribution in [0.1, 0.15) is 42.8 Å². The number of hydrogen-bond acceptors (Lipinski definition) is 6. The summed E-state index contributed by atoms with van der Waals surface area (Å²) in [6.45, 7) is 6.42. The fourth-order valence-corrected chi connectivity index (χ4v) is 4.82. The van der Waals surface area contributed by atoms with E-state index < -0.39 is 0 Å². The molecule has 7 heteroatoms. The van der Waals surface area contributed by atoms with Crippen LogP contribution in [0.4, 0.5) is 0 Å². The molecule has 0 radical (unpaired) electrons. The van der Waals surface area contributed by atoms with Crippen molar-refractivity contribution in [1.29, 1.82) is 0 Å². The second-order valence-corrected chi connectivity index (χ2v) is 8.41. The van der Waals surface area contributed by atoms with Crippen molar-refractivity contribution in [1.82, 2.24) is 24.8 Å². The Morgan fingerprint density at radius 1 is 1.12 bits per heavy atom. The summed E-state index contributed by atoms with van der Waals surface area (Å²) in [6.07, 6.45) is 7.59. The van der Waals surface area contributed by atoms with Crippen molar-refractivity contribution < 1.29 is 4.79 Å². The van der Waals surface area contributed by atoms with Gasteiger partial charge in [0.1, 0.15) is 0 Å². The van der Waals surface area contributed by atoms with Crippen molar-refractivity contribution in [3.8, 4) is 0 Å². The molecule has 0 aromatic carbocycles. The summed E-state index contributed by atoms with van der Waals surface area (Å²) in [6, 6.07) is 0. The van der Waals surface area contributed by atoms with Gasteiger partial charge in [0.15, 0.2) is 0 Å². The molecule has 0 N–H and O–H groups in total. The first-order valence-corrected chi connectivity index (χ1v) is 10.2. The second kappa shape index (κ2) is 7.40. The lowest BCUT2D eigenvalue weighted by Crippen LogP contribution is -2.53. The molecule has 26 heavy (non-hydrogen) atoms. The number of nitrogens with zero attached hydrogens (tertiary/aromatic N) is 5. The Morgan fingerprint density at radius 2 is 2.04 bits per heavy atom. The minimum Gasteiger partial charge on any atom is -0.336 e. The van der Waals surface area contributed by atoms with E-state index in [2.05, 4.69) is 25.2 Å². The predicted molar refractivity (Wildman–Crippen MR) is 100 cm³/mol. The Hall–Kier alpha value is -1.86. The van der Waals surface area contributed by atoms with Crippen LogP contribution in [0.5, 0.6) is 0 Å². The smallest absolute Gasteiger partial charge is 0.222 e. The van der Waals surface area contributed by atoms with Gasteiger partial charge in [-0.3, -0.25) is 19.7 Å². The Labute approximate surface area is 158 Å². The predicted octanol–water partition coefficient (Wildman–Crippen LogP) is 2.65. The average Bonchev–Trinajstić information content (AvgIpc) is 3.14. The summed E-state index contributed by atoms with van der Waals surface area (Å²) in [5.41, 5.74) is 5.04. The standard InChI is InChI=1S/C19H25N5OS/c1-15-7-21-16(8-20-15)10-24-13-19(5-3-18(24)25)4-2-6-23(12-19)9-17-11-26-14-22-17/h7-8,11,14H,2-6,9-10,12-13H2,1H3/t19-/m1/s1. The van der Waals surface area contributed by atoms with E-state index in [1.165, 1.54) is 12.8 Å². The first-order chi connectivity index (χ1) is 12.6. The van der Waals surface area contributed by atoms with Crippen LogP contribution in [0.25, 0.3) is 0 Å². The van der Waals surface area contributed by atoms with Gasteiger partial charge in [0.25, 0.3) is 0 Å². The Morgan fingerprint density at radius 3 is 2.81 bits per heavy atom. The maximum atomic E-state index is 12.5. The number of aromatic nitrogens is 3. The van der Waals surface area contributed by atoms with Crippen LogP contribution < -0.4 is 0 Å². The minimum atomic E-state index is 0.209. The zero-order valence-corrected chi connectivity index (χ0v) is 16.0. The number of likely N-dealkylation sites (tertiary alicyclic amines) is 2. The molecule has 1 amide bonds. The zero-order valence-electron chi connectivity index (χ0n) is 15.2. The summed E-state index contributed by atoms with van der Waals surface area (Å²) in [5, 5.41) is 2.13. The number of hydrogen-bond donors (Lipinski definition) is 0. The van der Waals surface area contributed by atoms with E-state index in [-0.39, 0.29) is 11.3 Å². The SMILES string of the molecule is Cc1cnc(CN2C[C@]3(CCCN(Cc4cscn4)C3)CCC2=O)cn1. The molecule has 2 aromatic heterocycles. The molecule has 6 nitrogen and oxygen atoms in total. The Bertz CT molecular complexity index is 748. The number of amides is 1. The maximum absolute atomic E-state index is 12.5. The van der Waals surface area contributed by atoms with Crippen LogP contribution in [-0.2, 0) is 17.9 Å². The molecule has 138 valence electrons. The largest absolute Gasteiger partial charge is 0.336 e. The van der Waals surface area contributed by atoms with Crippen molar-refractivity contribution in [3.05, 3.63) is 40.4 Å². The number of rotatable bonds is 4. The van der Waals surface area contributed by atoms with Crippen LogP contribution in [0.3, 0.4) is 0 Å². The number of thiazole rings is 1. The fourth-order valence-electron chi connectivity index (χ4n) is 4.27. The molecule has 0 bridgehead atoms. The van der Waals surface area contributed by atoms with E-state index in [0.717, 1.165) is 49.7 Å². The van der Waals surface area contributed by atoms with Gasteiger partial charge in [-0.1, -0.05) is 0 Å². The number of carbonyl (C=O) groups excluding carboxylic acids is 1. The molecule has 2 aliphatic heterocycles. The summed E-state index contributed by atoms with van der Waals surface area (Å²) < 4.78 is 0. The highest BCUT2D eigenvalue weighted by Gasteiger charge is 2.41. The van der Waals surface area contributed by atoms with Crippen molar-refractivity contribution in [2.45, 2.75) is 45.7 Å². The quantitative estimate of drug-likeness (QED) is 0.827. The van der Waals surface area contributed by atoms with E-state index in [0.29, 0.717) is 13.0 Å². The number of carbonyl (C=O) groups is 1. The minimum absolute atomic E-state index is 0.209. The molecule has 1 atom stereocenters. The van der Waals surface area contributed by atoms with Crippen LogP contribution in [0.15, 0.2) is 23.3 Å². The van der Waals surface area contributed by atoms with Crippen LogP contribution in [0.2, 0.25) is 0 Å². The van der Waals surface area contributed by atoms with Gasteiger partial charge in [-0.05, 0) is 32.7 Å². The third kappa shape index (κ3) is 3.94. The molecule has 1 spiro atoms.